The lowest BCUT2D eigenvalue weighted by atomic mass is 9.95. The molecule has 0 atom stereocenters. The third kappa shape index (κ3) is 4.28. The van der Waals surface area contributed by atoms with Crippen LogP contribution in [0.25, 0.3) is 0 Å². The van der Waals surface area contributed by atoms with Gasteiger partial charge in [0.05, 0.1) is 11.5 Å². The molecule has 0 saturated carbocycles. The third-order valence-corrected chi connectivity index (χ3v) is 4.99. The Balaban J connectivity index is 1.82. The van der Waals surface area contributed by atoms with E-state index in [1.165, 1.54) is 5.06 Å². The molecule has 0 aromatic heterocycles. The van der Waals surface area contributed by atoms with Gasteiger partial charge in [0.15, 0.2) is 0 Å². The summed E-state index contributed by atoms with van der Waals surface area (Å²) in [5.74, 6) is 0.423. The molecule has 1 aromatic rings. The van der Waals surface area contributed by atoms with Gasteiger partial charge >= 0.3 is 0 Å². The van der Waals surface area contributed by atoms with Gasteiger partial charge in [0.1, 0.15) is 0 Å². The lowest BCUT2D eigenvalue weighted by Crippen LogP contribution is -2.31. The van der Waals surface area contributed by atoms with Crippen LogP contribution >= 0.6 is 0 Å². The van der Waals surface area contributed by atoms with Crippen LogP contribution in [0.3, 0.4) is 0 Å². The smallest absolute Gasteiger partial charge is 0.296 e. The van der Waals surface area contributed by atoms with E-state index in [1.54, 1.807) is 24.3 Å². The number of rotatable bonds is 5. The topological polar surface area (TPSA) is 66.8 Å². The van der Waals surface area contributed by atoms with Gasteiger partial charge in [-0.1, -0.05) is 17.7 Å². The molecule has 0 aliphatic carbocycles. The van der Waals surface area contributed by atoms with Crippen molar-refractivity contribution >= 4 is 10.1 Å². The molecule has 2 rings (SSSR count). The zero-order valence-corrected chi connectivity index (χ0v) is 12.5. The van der Waals surface area contributed by atoms with Gasteiger partial charge < -0.3 is 5.21 Å². The van der Waals surface area contributed by atoms with E-state index >= 15 is 0 Å². The van der Waals surface area contributed by atoms with Crippen LogP contribution in [0.1, 0.15) is 24.8 Å². The maximum Gasteiger partial charge on any atom is 0.296 e. The molecule has 0 amide bonds. The summed E-state index contributed by atoms with van der Waals surface area (Å²) in [6, 6.07) is 6.64. The maximum absolute atomic E-state index is 12.0. The molecule has 1 aromatic carbocycles. The van der Waals surface area contributed by atoms with Crippen LogP contribution in [0.4, 0.5) is 0 Å². The number of piperidine rings is 1. The highest BCUT2D eigenvalue weighted by Crippen LogP contribution is 2.20. The molecule has 1 aliphatic rings. The lowest BCUT2D eigenvalue weighted by Gasteiger charge is -2.27. The second kappa shape index (κ2) is 6.67. The van der Waals surface area contributed by atoms with Crippen molar-refractivity contribution in [3.05, 3.63) is 29.8 Å². The summed E-state index contributed by atoms with van der Waals surface area (Å²) in [4.78, 5) is 0.202. The lowest BCUT2D eigenvalue weighted by molar-refractivity contribution is -0.112. The Morgan fingerprint density at radius 1 is 1.25 bits per heavy atom. The fourth-order valence-electron chi connectivity index (χ4n) is 2.31. The van der Waals surface area contributed by atoms with E-state index in [0.717, 1.165) is 18.4 Å². The molecule has 1 saturated heterocycles. The van der Waals surface area contributed by atoms with Gasteiger partial charge in [0.2, 0.25) is 0 Å². The van der Waals surface area contributed by atoms with E-state index in [4.69, 9.17) is 4.18 Å². The normalized spacial score (nSPS) is 18.3. The van der Waals surface area contributed by atoms with Crippen molar-refractivity contribution in [1.29, 1.82) is 0 Å². The molecule has 112 valence electrons. The minimum absolute atomic E-state index is 0.201. The molecule has 0 bridgehead atoms. The van der Waals surface area contributed by atoms with Gasteiger partial charge in [-0.05, 0) is 44.2 Å². The first kappa shape index (κ1) is 15.4. The molecule has 6 heteroatoms. The van der Waals surface area contributed by atoms with Gasteiger partial charge in [-0.2, -0.15) is 13.5 Å². The Labute approximate surface area is 120 Å². The van der Waals surface area contributed by atoms with Crippen molar-refractivity contribution < 1.29 is 17.8 Å². The summed E-state index contributed by atoms with van der Waals surface area (Å²) >= 11 is 0. The average molecular weight is 299 g/mol. The zero-order chi connectivity index (χ0) is 14.6. The number of hydrogen-bond donors (Lipinski definition) is 1. The van der Waals surface area contributed by atoms with Gasteiger partial charge in [0.25, 0.3) is 10.1 Å². The molecule has 1 heterocycles. The number of nitrogens with zero attached hydrogens (tertiary/aromatic N) is 1. The predicted octanol–water partition coefficient (Wildman–Crippen LogP) is 2.19. The molecule has 0 spiro atoms. The van der Waals surface area contributed by atoms with Gasteiger partial charge in [0, 0.05) is 13.1 Å². The first-order valence-corrected chi connectivity index (χ1v) is 8.28. The van der Waals surface area contributed by atoms with Crippen LogP contribution in [0.2, 0.25) is 0 Å². The predicted molar refractivity (Wildman–Crippen MR) is 75.0 cm³/mol. The van der Waals surface area contributed by atoms with E-state index in [0.29, 0.717) is 25.4 Å². The molecular formula is C14H21NO4S. The fraction of sp³-hybridized carbons (Fsp3) is 0.571. The monoisotopic (exact) mass is 299 g/mol. The van der Waals surface area contributed by atoms with Crippen molar-refractivity contribution in [1.82, 2.24) is 5.06 Å². The molecular weight excluding hydrogens is 278 g/mol. The third-order valence-electron chi connectivity index (χ3n) is 3.67. The van der Waals surface area contributed by atoms with Crippen molar-refractivity contribution in [2.75, 3.05) is 19.7 Å². The van der Waals surface area contributed by atoms with Crippen LogP contribution in [-0.2, 0) is 14.3 Å². The number of hydrogen-bond acceptors (Lipinski definition) is 5. The summed E-state index contributed by atoms with van der Waals surface area (Å²) in [5.41, 5.74) is 1.01. The minimum Gasteiger partial charge on any atom is -0.314 e. The van der Waals surface area contributed by atoms with Crippen molar-refractivity contribution in [2.24, 2.45) is 5.92 Å². The van der Waals surface area contributed by atoms with E-state index < -0.39 is 10.1 Å². The van der Waals surface area contributed by atoms with Crippen molar-refractivity contribution in [3.8, 4) is 0 Å². The van der Waals surface area contributed by atoms with Gasteiger partial charge in [-0.3, -0.25) is 4.18 Å². The fourth-order valence-corrected chi connectivity index (χ4v) is 3.23. The highest BCUT2D eigenvalue weighted by Gasteiger charge is 2.20. The number of benzene rings is 1. The molecule has 0 radical (unpaired) electrons. The Hall–Kier alpha value is -0.950. The summed E-state index contributed by atoms with van der Waals surface area (Å²) < 4.78 is 29.0. The van der Waals surface area contributed by atoms with Crippen LogP contribution in [0.5, 0.6) is 0 Å². The van der Waals surface area contributed by atoms with Crippen LogP contribution in [0.15, 0.2) is 29.2 Å². The highest BCUT2D eigenvalue weighted by molar-refractivity contribution is 7.86. The molecule has 0 unspecified atom stereocenters. The van der Waals surface area contributed by atoms with Crippen molar-refractivity contribution in [2.45, 2.75) is 31.1 Å². The molecule has 1 N–H and O–H groups in total. The Morgan fingerprint density at radius 3 is 2.45 bits per heavy atom. The first-order valence-electron chi connectivity index (χ1n) is 6.87. The van der Waals surface area contributed by atoms with E-state index in [9.17, 15) is 13.6 Å². The summed E-state index contributed by atoms with van der Waals surface area (Å²) in [6.07, 6.45) is 2.47. The van der Waals surface area contributed by atoms with E-state index in [2.05, 4.69) is 0 Å². The van der Waals surface area contributed by atoms with Crippen molar-refractivity contribution in [3.63, 3.8) is 0 Å². The quantitative estimate of drug-likeness (QED) is 0.844. The van der Waals surface area contributed by atoms with Gasteiger partial charge in [-0.25, -0.2) is 0 Å². The number of aryl methyl sites for hydroxylation is 1. The molecule has 1 aliphatic heterocycles. The largest absolute Gasteiger partial charge is 0.314 e. The molecule has 1 fully saturated rings. The number of hydroxylamine groups is 2. The highest BCUT2D eigenvalue weighted by atomic mass is 32.2. The summed E-state index contributed by atoms with van der Waals surface area (Å²) in [6.45, 7) is 3.40. The SMILES string of the molecule is Cc1ccc(S(=O)(=O)OCCC2CCN(O)CC2)cc1. The first-order chi connectivity index (χ1) is 9.47. The maximum atomic E-state index is 12.0. The second-order valence-corrected chi connectivity index (χ2v) is 6.89. The molecule has 20 heavy (non-hydrogen) atoms. The van der Waals surface area contributed by atoms with Crippen LogP contribution in [-0.4, -0.2) is 38.4 Å². The van der Waals surface area contributed by atoms with Crippen LogP contribution < -0.4 is 0 Å². The summed E-state index contributed by atoms with van der Waals surface area (Å²) in [5, 5.41) is 10.6. The molecule has 5 nitrogen and oxygen atoms in total. The Bertz CT molecular complexity index is 519. The van der Waals surface area contributed by atoms with Gasteiger partial charge in [-0.15, -0.1) is 0 Å². The summed E-state index contributed by atoms with van der Waals surface area (Å²) in [7, 11) is -3.65. The Morgan fingerprint density at radius 2 is 1.85 bits per heavy atom. The Kier molecular flexibility index (Phi) is 5.15. The zero-order valence-electron chi connectivity index (χ0n) is 11.7. The van der Waals surface area contributed by atoms with E-state index in [1.807, 2.05) is 6.92 Å². The van der Waals surface area contributed by atoms with Crippen LogP contribution in [0, 0.1) is 12.8 Å². The minimum atomic E-state index is -3.65. The average Bonchev–Trinajstić information content (AvgIpc) is 2.41. The standard InChI is InChI=1S/C14H21NO4S/c1-12-2-4-14(5-3-12)20(17,18)19-11-8-13-6-9-15(16)10-7-13/h2-5,13,16H,6-11H2,1H3. The van der Waals surface area contributed by atoms with E-state index in [-0.39, 0.29) is 11.5 Å². The second-order valence-electron chi connectivity index (χ2n) is 5.27.